The van der Waals surface area contributed by atoms with E-state index in [0.717, 1.165) is 12.0 Å². The average molecular weight is 378 g/mol. The first-order valence-corrected chi connectivity index (χ1v) is 9.14. The van der Waals surface area contributed by atoms with Crippen molar-refractivity contribution in [3.63, 3.8) is 0 Å². The average Bonchev–Trinajstić information content (AvgIpc) is 2.72. The maximum atomic E-state index is 12.5. The van der Waals surface area contributed by atoms with E-state index in [-0.39, 0.29) is 23.9 Å². The minimum atomic E-state index is -0.496. The van der Waals surface area contributed by atoms with Gasteiger partial charge in [-0.15, -0.1) is 0 Å². The topological polar surface area (TPSA) is 92.6 Å². The molecule has 2 heterocycles. The molecule has 3 aromatic rings. The second-order valence-corrected chi connectivity index (χ2v) is 6.59. The molecule has 0 aliphatic rings. The number of anilines is 1. The fourth-order valence-electron chi connectivity index (χ4n) is 2.67. The molecular weight excluding hydrogens is 356 g/mol. The zero-order valence-corrected chi connectivity index (χ0v) is 15.8. The molecule has 0 fully saturated rings. The summed E-state index contributed by atoms with van der Waals surface area (Å²) in [7, 11) is 0. The highest BCUT2D eigenvalue weighted by molar-refractivity contribution is 5.94. The number of nitrogens with zero attached hydrogens (tertiary/aromatic N) is 2. The normalized spacial score (nSPS) is 11.8. The third-order valence-corrected chi connectivity index (χ3v) is 4.57. The Morgan fingerprint density at radius 1 is 1.18 bits per heavy atom. The van der Waals surface area contributed by atoms with E-state index in [1.807, 2.05) is 19.9 Å². The Hall–Kier alpha value is -3.48. The summed E-state index contributed by atoms with van der Waals surface area (Å²) in [5.41, 5.74) is 1.52. The summed E-state index contributed by atoms with van der Waals surface area (Å²) in [5, 5.41) is 5.60. The Balaban J connectivity index is 1.70. The number of hydrogen-bond donors (Lipinski definition) is 2. The number of rotatable bonds is 6. The Kier molecular flexibility index (Phi) is 5.84. The second kappa shape index (κ2) is 8.47. The molecule has 0 bridgehead atoms. The second-order valence-electron chi connectivity index (χ2n) is 6.59. The van der Waals surface area contributed by atoms with Gasteiger partial charge < -0.3 is 10.6 Å². The van der Waals surface area contributed by atoms with Gasteiger partial charge in [0.25, 0.3) is 11.5 Å². The van der Waals surface area contributed by atoms with Crippen LogP contribution < -0.4 is 16.2 Å². The molecule has 0 aliphatic carbocycles. The fraction of sp³-hybridized carbons (Fsp3) is 0.238. The molecule has 0 aliphatic heterocycles. The minimum Gasteiger partial charge on any atom is -0.348 e. The lowest BCUT2D eigenvalue weighted by Crippen LogP contribution is -2.31. The monoisotopic (exact) mass is 378 g/mol. The Bertz CT molecular complexity index is 1070. The predicted octanol–water partition coefficient (Wildman–Crippen LogP) is 2.61. The van der Waals surface area contributed by atoms with Gasteiger partial charge in [0.05, 0.1) is 0 Å². The van der Waals surface area contributed by atoms with Gasteiger partial charge in [0, 0.05) is 30.5 Å². The number of fused-ring (bicyclic) bond motifs is 1. The van der Waals surface area contributed by atoms with E-state index in [1.54, 1.807) is 42.6 Å². The number of carbonyl (C=O) groups excluding carboxylic acids is 2. The lowest BCUT2D eigenvalue weighted by molar-refractivity contribution is -0.119. The highest BCUT2D eigenvalue weighted by atomic mass is 16.2. The number of nitrogens with one attached hydrogen (secondary N) is 2. The third-order valence-electron chi connectivity index (χ3n) is 4.57. The number of hydrogen-bond acceptors (Lipinski definition) is 4. The molecule has 7 heteroatoms. The van der Waals surface area contributed by atoms with Gasteiger partial charge in [0.15, 0.2) is 0 Å². The molecule has 0 saturated carbocycles. The maximum Gasteiger partial charge on any atom is 0.270 e. The third kappa shape index (κ3) is 4.25. The summed E-state index contributed by atoms with van der Waals surface area (Å²) in [4.78, 5) is 41.1. The van der Waals surface area contributed by atoms with E-state index < -0.39 is 11.5 Å². The molecule has 1 atom stereocenters. The van der Waals surface area contributed by atoms with E-state index >= 15 is 0 Å². The quantitative estimate of drug-likeness (QED) is 0.690. The Morgan fingerprint density at radius 3 is 2.79 bits per heavy atom. The minimum absolute atomic E-state index is 0.0232. The summed E-state index contributed by atoms with van der Waals surface area (Å²) in [6, 6.07) is 12.4. The van der Waals surface area contributed by atoms with Crippen molar-refractivity contribution >= 4 is 23.1 Å². The van der Waals surface area contributed by atoms with E-state index in [2.05, 4.69) is 15.6 Å². The van der Waals surface area contributed by atoms with Crippen LogP contribution >= 0.6 is 0 Å². The predicted molar refractivity (Wildman–Crippen MR) is 107 cm³/mol. The molecule has 3 rings (SSSR count). The zero-order valence-electron chi connectivity index (χ0n) is 15.8. The van der Waals surface area contributed by atoms with Crippen LogP contribution in [0.4, 0.5) is 5.69 Å². The van der Waals surface area contributed by atoms with Crippen molar-refractivity contribution in [2.24, 2.45) is 5.92 Å². The van der Waals surface area contributed by atoms with Crippen LogP contribution in [0.5, 0.6) is 0 Å². The van der Waals surface area contributed by atoms with Crippen molar-refractivity contribution in [3.05, 3.63) is 76.3 Å². The highest BCUT2D eigenvalue weighted by Crippen LogP contribution is 2.13. The van der Waals surface area contributed by atoms with Crippen LogP contribution in [-0.4, -0.2) is 21.2 Å². The molecule has 0 saturated heterocycles. The summed E-state index contributed by atoms with van der Waals surface area (Å²) in [6.45, 7) is 4.05. The molecule has 7 nitrogen and oxygen atoms in total. The van der Waals surface area contributed by atoms with Crippen molar-refractivity contribution in [1.29, 1.82) is 0 Å². The molecule has 0 radical (unpaired) electrons. The molecule has 1 aromatic carbocycles. The van der Waals surface area contributed by atoms with Crippen molar-refractivity contribution in [2.45, 2.75) is 26.8 Å². The van der Waals surface area contributed by atoms with Crippen molar-refractivity contribution in [1.82, 2.24) is 14.7 Å². The first kappa shape index (κ1) is 19.3. The summed E-state index contributed by atoms with van der Waals surface area (Å²) in [6.07, 6.45) is 3.62. The standard InChI is InChI=1S/C21H22N4O3/c1-3-14(2)19(26)24-16-8-6-7-15(11-16)12-23-20(27)17-13-22-18-9-4-5-10-25(18)21(17)28/h4-11,13-14H,3,12H2,1-2H3,(H,23,27)(H,24,26). The van der Waals surface area contributed by atoms with Crippen LogP contribution in [0.3, 0.4) is 0 Å². The van der Waals surface area contributed by atoms with E-state index in [4.69, 9.17) is 0 Å². The SMILES string of the molecule is CCC(C)C(=O)Nc1cccc(CNC(=O)c2cnc3ccccn3c2=O)c1. The van der Waals surface area contributed by atoms with Crippen molar-refractivity contribution in [3.8, 4) is 0 Å². The summed E-state index contributed by atoms with van der Waals surface area (Å²) >= 11 is 0. The van der Waals surface area contributed by atoms with Gasteiger partial charge in [-0.3, -0.25) is 18.8 Å². The molecule has 144 valence electrons. The van der Waals surface area contributed by atoms with Gasteiger partial charge in [-0.1, -0.05) is 32.0 Å². The largest absolute Gasteiger partial charge is 0.348 e. The molecule has 1 unspecified atom stereocenters. The van der Waals surface area contributed by atoms with Crippen molar-refractivity contribution < 1.29 is 9.59 Å². The smallest absolute Gasteiger partial charge is 0.270 e. The van der Waals surface area contributed by atoms with Crippen LogP contribution in [-0.2, 0) is 11.3 Å². The van der Waals surface area contributed by atoms with Crippen LogP contribution in [0.15, 0.2) is 59.7 Å². The fourth-order valence-corrected chi connectivity index (χ4v) is 2.67. The number of pyridine rings is 1. The van der Waals surface area contributed by atoms with Crippen LogP contribution in [0, 0.1) is 5.92 Å². The molecule has 2 amide bonds. The van der Waals surface area contributed by atoms with Crippen LogP contribution in [0.2, 0.25) is 0 Å². The first-order valence-electron chi connectivity index (χ1n) is 9.14. The van der Waals surface area contributed by atoms with E-state index in [9.17, 15) is 14.4 Å². The molecule has 0 spiro atoms. The van der Waals surface area contributed by atoms with Crippen molar-refractivity contribution in [2.75, 3.05) is 5.32 Å². The molecule has 2 N–H and O–H groups in total. The number of amides is 2. The summed E-state index contributed by atoms with van der Waals surface area (Å²) in [5.74, 6) is -0.611. The zero-order chi connectivity index (χ0) is 20.1. The van der Waals surface area contributed by atoms with Gasteiger partial charge in [0.2, 0.25) is 5.91 Å². The van der Waals surface area contributed by atoms with Crippen LogP contribution in [0.25, 0.3) is 5.65 Å². The number of aromatic nitrogens is 2. The molecule has 2 aromatic heterocycles. The Labute approximate surface area is 162 Å². The van der Waals surface area contributed by atoms with Gasteiger partial charge in [0.1, 0.15) is 11.2 Å². The van der Waals surface area contributed by atoms with Gasteiger partial charge >= 0.3 is 0 Å². The lowest BCUT2D eigenvalue weighted by atomic mass is 10.1. The van der Waals surface area contributed by atoms with E-state index in [0.29, 0.717) is 11.3 Å². The Morgan fingerprint density at radius 2 is 2.00 bits per heavy atom. The summed E-state index contributed by atoms with van der Waals surface area (Å²) < 4.78 is 1.33. The highest BCUT2D eigenvalue weighted by Gasteiger charge is 2.13. The van der Waals surface area contributed by atoms with Gasteiger partial charge in [-0.25, -0.2) is 4.98 Å². The number of carbonyl (C=O) groups is 2. The molecular formula is C21H22N4O3. The van der Waals surface area contributed by atoms with E-state index in [1.165, 1.54) is 10.6 Å². The van der Waals surface area contributed by atoms with Gasteiger partial charge in [-0.2, -0.15) is 0 Å². The maximum absolute atomic E-state index is 12.5. The molecule has 28 heavy (non-hydrogen) atoms. The lowest BCUT2D eigenvalue weighted by Gasteiger charge is -2.11. The van der Waals surface area contributed by atoms with Crippen LogP contribution in [0.1, 0.15) is 36.2 Å². The van der Waals surface area contributed by atoms with Gasteiger partial charge in [-0.05, 0) is 36.2 Å². The first-order chi connectivity index (χ1) is 13.5. The number of benzene rings is 1.